The van der Waals surface area contributed by atoms with E-state index in [2.05, 4.69) is 0 Å². The summed E-state index contributed by atoms with van der Waals surface area (Å²) in [5, 5.41) is 2.18. The summed E-state index contributed by atoms with van der Waals surface area (Å²) in [4.78, 5) is 14.3. The minimum Gasteiger partial charge on any atom is -0.481 e. The molecule has 6 heteroatoms. The van der Waals surface area contributed by atoms with Gasteiger partial charge in [0.25, 0.3) is 5.91 Å². The van der Waals surface area contributed by atoms with E-state index >= 15 is 0 Å². The average Bonchev–Trinajstić information content (AvgIpc) is 2.60. The predicted molar refractivity (Wildman–Crippen MR) is 98.5 cm³/mol. The molecule has 1 unspecified atom stereocenters. The Morgan fingerprint density at radius 3 is 2.44 bits per heavy atom. The molecule has 0 saturated carbocycles. The Morgan fingerprint density at radius 2 is 1.76 bits per heavy atom. The number of hydrogen-bond donors (Lipinski definition) is 0. The topological polar surface area (TPSA) is 63.7 Å². The van der Waals surface area contributed by atoms with Crippen LogP contribution < -0.4 is 4.74 Å². The lowest BCUT2D eigenvalue weighted by Gasteiger charge is -2.32. The molecule has 1 aliphatic heterocycles. The van der Waals surface area contributed by atoms with Crippen molar-refractivity contribution < 1.29 is 17.9 Å². The molecule has 5 nitrogen and oxygen atoms in total. The lowest BCUT2D eigenvalue weighted by molar-refractivity contribution is -0.138. The second-order valence-electron chi connectivity index (χ2n) is 6.60. The summed E-state index contributed by atoms with van der Waals surface area (Å²) in [5.74, 6) is 0.821. The van der Waals surface area contributed by atoms with Gasteiger partial charge >= 0.3 is 0 Å². The van der Waals surface area contributed by atoms with Gasteiger partial charge in [0.15, 0.2) is 6.10 Å². The summed E-state index contributed by atoms with van der Waals surface area (Å²) in [5.41, 5.74) is 0. The van der Waals surface area contributed by atoms with Crippen LogP contribution in [0.15, 0.2) is 42.5 Å². The van der Waals surface area contributed by atoms with Gasteiger partial charge in [0, 0.05) is 13.1 Å². The van der Waals surface area contributed by atoms with Gasteiger partial charge in [-0.25, -0.2) is 8.42 Å². The number of carbonyl (C=O) groups excluding carboxylic acids is 1. The molecule has 1 fully saturated rings. The molecule has 0 N–H and O–H groups in total. The fourth-order valence-corrected chi connectivity index (χ4v) is 4.69. The first-order valence-corrected chi connectivity index (χ1v) is 10.3. The van der Waals surface area contributed by atoms with Crippen LogP contribution in [0.4, 0.5) is 0 Å². The van der Waals surface area contributed by atoms with Gasteiger partial charge in [-0.2, -0.15) is 0 Å². The van der Waals surface area contributed by atoms with E-state index in [1.807, 2.05) is 42.5 Å². The van der Waals surface area contributed by atoms with Crippen molar-refractivity contribution in [3.05, 3.63) is 42.5 Å². The highest BCUT2D eigenvalue weighted by molar-refractivity contribution is 7.91. The van der Waals surface area contributed by atoms with Crippen LogP contribution in [-0.2, 0) is 14.6 Å². The molecule has 0 bridgehead atoms. The maximum Gasteiger partial charge on any atom is 0.263 e. The summed E-state index contributed by atoms with van der Waals surface area (Å²) in [6.07, 6.45) is 0.366. The number of ether oxygens (including phenoxy) is 1. The van der Waals surface area contributed by atoms with E-state index in [9.17, 15) is 13.2 Å². The second kappa shape index (κ2) is 7.04. The van der Waals surface area contributed by atoms with Crippen LogP contribution in [0.25, 0.3) is 10.8 Å². The Morgan fingerprint density at radius 1 is 1.12 bits per heavy atom. The molecular formula is C19H23NO4S. The van der Waals surface area contributed by atoms with E-state index in [0.29, 0.717) is 18.6 Å². The van der Waals surface area contributed by atoms with Crippen LogP contribution in [0.3, 0.4) is 0 Å². The molecule has 0 aromatic heterocycles. The maximum absolute atomic E-state index is 12.6. The third kappa shape index (κ3) is 4.12. The van der Waals surface area contributed by atoms with E-state index in [1.54, 1.807) is 18.9 Å². The standard InChI is InChI=1S/C19H23NO4S/c1-14(19(21)20(2)17-9-11-25(22,23)12-10-17)24-18-8-7-15-5-3-4-6-16(15)13-18/h3-8,13-14,17H,9-12H2,1-2H3. The molecule has 1 amide bonds. The number of nitrogens with zero attached hydrogens (tertiary/aromatic N) is 1. The molecule has 1 heterocycles. The number of carbonyl (C=O) groups is 1. The van der Waals surface area contributed by atoms with Crippen molar-refractivity contribution in [3.63, 3.8) is 0 Å². The fraction of sp³-hybridized carbons (Fsp3) is 0.421. The van der Waals surface area contributed by atoms with Crippen LogP contribution in [0.5, 0.6) is 5.75 Å². The molecule has 2 aromatic rings. The Kier molecular flexibility index (Phi) is 4.99. The third-order valence-electron chi connectivity index (χ3n) is 4.80. The number of sulfone groups is 1. The lowest BCUT2D eigenvalue weighted by Crippen LogP contribution is -2.47. The molecule has 1 aliphatic rings. The van der Waals surface area contributed by atoms with Gasteiger partial charge in [-0.15, -0.1) is 0 Å². The minimum absolute atomic E-state index is 0.0429. The SMILES string of the molecule is CC(Oc1ccc2ccccc2c1)C(=O)N(C)C1CCS(=O)(=O)CC1. The first-order valence-electron chi connectivity index (χ1n) is 8.48. The Hall–Kier alpha value is -2.08. The van der Waals surface area contributed by atoms with Gasteiger partial charge in [0.05, 0.1) is 11.5 Å². The van der Waals surface area contributed by atoms with E-state index in [4.69, 9.17) is 4.74 Å². The van der Waals surface area contributed by atoms with E-state index in [0.717, 1.165) is 10.8 Å². The summed E-state index contributed by atoms with van der Waals surface area (Å²) in [7, 11) is -1.21. The molecule has 25 heavy (non-hydrogen) atoms. The van der Waals surface area contributed by atoms with Gasteiger partial charge in [0.1, 0.15) is 15.6 Å². The lowest BCUT2D eigenvalue weighted by atomic mass is 10.1. The fourth-order valence-electron chi connectivity index (χ4n) is 3.23. The summed E-state index contributed by atoms with van der Waals surface area (Å²) < 4.78 is 28.9. The maximum atomic E-state index is 12.6. The smallest absolute Gasteiger partial charge is 0.263 e. The predicted octanol–water partition coefficient (Wildman–Crippen LogP) is 2.64. The first-order chi connectivity index (χ1) is 11.9. The quantitative estimate of drug-likeness (QED) is 0.840. The number of rotatable bonds is 4. The van der Waals surface area contributed by atoms with Gasteiger partial charge in [0.2, 0.25) is 0 Å². The van der Waals surface area contributed by atoms with Gasteiger partial charge in [-0.1, -0.05) is 30.3 Å². The molecule has 0 radical (unpaired) electrons. The van der Waals surface area contributed by atoms with Gasteiger partial charge < -0.3 is 9.64 Å². The van der Waals surface area contributed by atoms with Crippen LogP contribution in [0.1, 0.15) is 19.8 Å². The van der Waals surface area contributed by atoms with Crippen molar-refractivity contribution in [2.75, 3.05) is 18.6 Å². The summed E-state index contributed by atoms with van der Waals surface area (Å²) >= 11 is 0. The Balaban J connectivity index is 1.65. The van der Waals surface area contributed by atoms with Crippen LogP contribution in [0.2, 0.25) is 0 Å². The highest BCUT2D eigenvalue weighted by atomic mass is 32.2. The Bertz CT molecular complexity index is 864. The number of likely N-dealkylation sites (N-methyl/N-ethyl adjacent to an activating group) is 1. The van der Waals surface area contributed by atoms with Crippen LogP contribution >= 0.6 is 0 Å². The highest BCUT2D eigenvalue weighted by Crippen LogP contribution is 2.23. The van der Waals surface area contributed by atoms with Gasteiger partial charge in [-0.3, -0.25) is 4.79 Å². The van der Waals surface area contributed by atoms with Crippen LogP contribution in [-0.4, -0.2) is 49.9 Å². The van der Waals surface area contributed by atoms with E-state index < -0.39 is 15.9 Å². The number of benzene rings is 2. The molecule has 2 aromatic carbocycles. The van der Waals surface area contributed by atoms with Crippen molar-refractivity contribution in [2.24, 2.45) is 0 Å². The number of fused-ring (bicyclic) bond motifs is 1. The van der Waals surface area contributed by atoms with Crippen molar-refractivity contribution in [3.8, 4) is 5.75 Å². The molecule has 0 aliphatic carbocycles. The molecular weight excluding hydrogens is 338 g/mol. The number of amides is 1. The Labute approximate surface area is 148 Å². The highest BCUT2D eigenvalue weighted by Gasteiger charge is 2.30. The largest absolute Gasteiger partial charge is 0.481 e. The zero-order valence-electron chi connectivity index (χ0n) is 14.5. The zero-order valence-corrected chi connectivity index (χ0v) is 15.3. The molecule has 134 valence electrons. The van der Waals surface area contributed by atoms with Crippen LogP contribution in [0, 0.1) is 0 Å². The van der Waals surface area contributed by atoms with E-state index in [1.165, 1.54) is 0 Å². The van der Waals surface area contributed by atoms with Crippen molar-refractivity contribution >= 4 is 26.5 Å². The molecule has 0 spiro atoms. The van der Waals surface area contributed by atoms with Crippen molar-refractivity contribution in [2.45, 2.75) is 31.9 Å². The van der Waals surface area contributed by atoms with E-state index in [-0.39, 0.29) is 23.5 Å². The zero-order chi connectivity index (χ0) is 18.0. The summed E-state index contributed by atoms with van der Waals surface area (Å²) in [6, 6.07) is 13.7. The number of hydrogen-bond acceptors (Lipinski definition) is 4. The first kappa shape index (κ1) is 17.7. The third-order valence-corrected chi connectivity index (χ3v) is 6.52. The van der Waals surface area contributed by atoms with Gasteiger partial charge in [-0.05, 0) is 42.7 Å². The summed E-state index contributed by atoms with van der Waals surface area (Å²) in [6.45, 7) is 1.73. The van der Waals surface area contributed by atoms with Crippen molar-refractivity contribution in [1.29, 1.82) is 0 Å². The minimum atomic E-state index is -2.93. The van der Waals surface area contributed by atoms with Crippen molar-refractivity contribution in [1.82, 2.24) is 4.90 Å². The normalized spacial score (nSPS) is 18.6. The molecule has 1 saturated heterocycles. The second-order valence-corrected chi connectivity index (χ2v) is 8.90. The average molecular weight is 361 g/mol. The molecule has 3 rings (SSSR count). The monoisotopic (exact) mass is 361 g/mol. The molecule has 1 atom stereocenters.